The molecule has 1 aliphatic heterocycles. The fourth-order valence-electron chi connectivity index (χ4n) is 4.01. The first kappa shape index (κ1) is 24.1. The van der Waals surface area contributed by atoms with Crippen molar-refractivity contribution in [3.05, 3.63) is 39.4 Å². The number of fused-ring (bicyclic) bond motifs is 1. The van der Waals surface area contributed by atoms with Crippen molar-refractivity contribution >= 4 is 34.9 Å². The quantitative estimate of drug-likeness (QED) is 0.444. The van der Waals surface area contributed by atoms with E-state index in [0.717, 1.165) is 37.9 Å². The molecule has 2 N–H and O–H groups in total. The number of nitrogens with zero attached hydrogens (tertiary/aromatic N) is 3. The van der Waals surface area contributed by atoms with Gasteiger partial charge in [0.2, 0.25) is 11.8 Å². The molecule has 174 valence electrons. The zero-order valence-electron chi connectivity index (χ0n) is 18.9. The Bertz CT molecular complexity index is 1050. The van der Waals surface area contributed by atoms with E-state index in [9.17, 15) is 14.4 Å². The van der Waals surface area contributed by atoms with Crippen LogP contribution in [-0.4, -0.2) is 69.9 Å². The highest BCUT2D eigenvalue weighted by atomic mass is 32.1. The molecule has 2 amide bonds. The number of rotatable bonds is 9. The second-order valence-corrected chi connectivity index (χ2v) is 9.01. The van der Waals surface area contributed by atoms with Gasteiger partial charge in [0.15, 0.2) is 4.77 Å². The van der Waals surface area contributed by atoms with Gasteiger partial charge in [-0.25, -0.2) is 0 Å². The van der Waals surface area contributed by atoms with E-state index in [2.05, 4.69) is 15.2 Å². The molecule has 0 atom stereocenters. The summed E-state index contributed by atoms with van der Waals surface area (Å²) in [6.45, 7) is 7.60. The monoisotopic (exact) mass is 459 g/mol. The van der Waals surface area contributed by atoms with E-state index in [1.54, 1.807) is 10.6 Å². The third-order valence-corrected chi connectivity index (χ3v) is 6.03. The van der Waals surface area contributed by atoms with Crippen molar-refractivity contribution < 1.29 is 9.59 Å². The third-order valence-electron chi connectivity index (χ3n) is 5.70. The molecule has 0 radical (unpaired) electrons. The number of H-pyrrole nitrogens is 1. The van der Waals surface area contributed by atoms with Crippen molar-refractivity contribution in [2.75, 3.05) is 32.7 Å². The van der Waals surface area contributed by atoms with Crippen LogP contribution < -0.4 is 10.9 Å². The summed E-state index contributed by atoms with van der Waals surface area (Å²) in [5.74, 6) is 0.196. The van der Waals surface area contributed by atoms with Gasteiger partial charge in [0.25, 0.3) is 5.56 Å². The van der Waals surface area contributed by atoms with Crippen molar-refractivity contribution in [2.45, 2.75) is 52.1 Å². The van der Waals surface area contributed by atoms with Gasteiger partial charge in [-0.2, -0.15) is 0 Å². The Morgan fingerprint density at radius 3 is 2.53 bits per heavy atom. The lowest BCUT2D eigenvalue weighted by Crippen LogP contribution is -2.51. The fourth-order valence-corrected chi connectivity index (χ4v) is 4.29. The molecule has 1 fully saturated rings. The molecule has 1 aromatic heterocycles. The van der Waals surface area contributed by atoms with Gasteiger partial charge in [-0.3, -0.25) is 23.9 Å². The van der Waals surface area contributed by atoms with Gasteiger partial charge in [-0.15, -0.1) is 0 Å². The maximum absolute atomic E-state index is 12.7. The zero-order chi connectivity index (χ0) is 23.1. The highest BCUT2D eigenvalue weighted by Gasteiger charge is 2.22. The molecule has 1 aromatic carbocycles. The molecule has 0 spiro atoms. The van der Waals surface area contributed by atoms with Crippen LogP contribution in [0.3, 0.4) is 0 Å². The molecule has 0 aliphatic carbocycles. The lowest BCUT2D eigenvalue weighted by Gasteiger charge is -2.34. The first-order chi connectivity index (χ1) is 15.3. The largest absolute Gasteiger partial charge is 0.353 e. The number of hydrogen-bond donors (Lipinski definition) is 2. The molecule has 0 unspecified atom stereocenters. The molecule has 1 saturated heterocycles. The maximum Gasteiger partial charge on any atom is 0.262 e. The predicted molar refractivity (Wildman–Crippen MR) is 128 cm³/mol. The molecule has 2 heterocycles. The minimum absolute atomic E-state index is 0.0325. The van der Waals surface area contributed by atoms with E-state index >= 15 is 0 Å². The van der Waals surface area contributed by atoms with Crippen molar-refractivity contribution in [3.63, 3.8) is 0 Å². The number of aromatic nitrogens is 2. The van der Waals surface area contributed by atoms with E-state index in [1.807, 2.05) is 36.9 Å². The van der Waals surface area contributed by atoms with Crippen molar-refractivity contribution in [2.24, 2.45) is 0 Å². The van der Waals surface area contributed by atoms with E-state index in [1.165, 1.54) is 0 Å². The number of unbranched alkanes of at least 4 members (excludes halogenated alkanes) is 2. The topological polar surface area (TPSA) is 90.4 Å². The number of aromatic amines is 1. The Morgan fingerprint density at radius 1 is 1.09 bits per heavy atom. The Hall–Kier alpha value is -2.52. The molecule has 1 aliphatic rings. The number of piperazine rings is 1. The Morgan fingerprint density at radius 2 is 1.81 bits per heavy atom. The van der Waals surface area contributed by atoms with E-state index < -0.39 is 0 Å². The van der Waals surface area contributed by atoms with Crippen LogP contribution in [0.15, 0.2) is 29.1 Å². The highest BCUT2D eigenvalue weighted by Crippen LogP contribution is 2.10. The van der Waals surface area contributed by atoms with Crippen molar-refractivity contribution in [1.82, 2.24) is 24.7 Å². The average molecular weight is 460 g/mol. The minimum Gasteiger partial charge on any atom is -0.353 e. The first-order valence-electron chi connectivity index (χ1n) is 11.4. The lowest BCUT2D eigenvalue weighted by molar-refractivity contribution is -0.133. The summed E-state index contributed by atoms with van der Waals surface area (Å²) in [6.07, 6.45) is 2.94. The van der Waals surface area contributed by atoms with E-state index in [4.69, 9.17) is 12.2 Å². The first-order valence-corrected chi connectivity index (χ1v) is 11.8. The lowest BCUT2D eigenvalue weighted by atomic mass is 10.1. The number of benzene rings is 1. The van der Waals surface area contributed by atoms with Gasteiger partial charge in [0.05, 0.1) is 17.4 Å². The van der Waals surface area contributed by atoms with Crippen LogP contribution in [0.25, 0.3) is 10.9 Å². The molecule has 0 bridgehead atoms. The van der Waals surface area contributed by atoms with Crippen LogP contribution in [-0.2, 0) is 16.1 Å². The van der Waals surface area contributed by atoms with Gasteiger partial charge in [-0.1, -0.05) is 18.6 Å². The summed E-state index contributed by atoms with van der Waals surface area (Å²) in [5.41, 5.74) is 0.686. The molecule has 3 rings (SSSR count). The SMILES string of the molecule is CC(C)NC(=O)CN1CCN(C(=O)CCCCCn2c(=S)[nH]c3ccccc3c2=O)CC1. The normalized spacial score (nSPS) is 14.8. The van der Waals surface area contributed by atoms with Gasteiger partial charge < -0.3 is 15.2 Å². The zero-order valence-corrected chi connectivity index (χ0v) is 19.7. The van der Waals surface area contributed by atoms with Gasteiger partial charge in [0, 0.05) is 45.2 Å². The Balaban J connectivity index is 1.37. The molecule has 2 aromatic rings. The number of amides is 2. The second-order valence-electron chi connectivity index (χ2n) is 8.62. The number of hydrogen-bond acceptors (Lipinski definition) is 5. The summed E-state index contributed by atoms with van der Waals surface area (Å²) in [6, 6.07) is 7.51. The van der Waals surface area contributed by atoms with Crippen LogP contribution in [0.5, 0.6) is 0 Å². The molecular weight excluding hydrogens is 426 g/mol. The number of carbonyl (C=O) groups excluding carboxylic acids is 2. The molecule has 32 heavy (non-hydrogen) atoms. The average Bonchev–Trinajstić information content (AvgIpc) is 2.75. The van der Waals surface area contributed by atoms with Gasteiger partial charge in [-0.05, 0) is 51.0 Å². The number of para-hydroxylation sites is 1. The van der Waals surface area contributed by atoms with Crippen LogP contribution in [0.2, 0.25) is 0 Å². The molecule has 8 nitrogen and oxygen atoms in total. The standard InChI is InChI=1S/C23H33N5O3S/c1-17(2)24-20(29)16-26-12-14-27(15-13-26)21(30)10-4-3-7-11-28-22(31)18-8-5-6-9-19(18)25-23(28)32/h5-6,8-9,17H,3-4,7,10-16H2,1-2H3,(H,24,29)(H,25,32). The van der Waals surface area contributed by atoms with Crippen molar-refractivity contribution in [3.8, 4) is 0 Å². The summed E-state index contributed by atoms with van der Waals surface area (Å²) < 4.78 is 2.04. The van der Waals surface area contributed by atoms with Crippen LogP contribution in [0.1, 0.15) is 39.5 Å². The summed E-state index contributed by atoms with van der Waals surface area (Å²) in [5, 5.41) is 3.54. The maximum atomic E-state index is 12.7. The predicted octanol–water partition coefficient (Wildman–Crippen LogP) is 2.29. The van der Waals surface area contributed by atoms with Gasteiger partial charge >= 0.3 is 0 Å². The number of carbonyl (C=O) groups is 2. The summed E-state index contributed by atoms with van der Waals surface area (Å²) in [7, 11) is 0. The van der Waals surface area contributed by atoms with Crippen LogP contribution in [0.4, 0.5) is 0 Å². The second kappa shape index (κ2) is 11.4. The third kappa shape index (κ3) is 6.49. The summed E-state index contributed by atoms with van der Waals surface area (Å²) in [4.78, 5) is 44.2. The van der Waals surface area contributed by atoms with Crippen LogP contribution >= 0.6 is 12.2 Å². The molecule has 0 saturated carbocycles. The smallest absolute Gasteiger partial charge is 0.262 e. The van der Waals surface area contributed by atoms with Crippen molar-refractivity contribution in [1.29, 1.82) is 0 Å². The van der Waals surface area contributed by atoms with Gasteiger partial charge in [0.1, 0.15) is 0 Å². The van der Waals surface area contributed by atoms with E-state index in [-0.39, 0.29) is 23.4 Å². The highest BCUT2D eigenvalue weighted by molar-refractivity contribution is 7.71. The Kier molecular flexibility index (Phi) is 8.58. The van der Waals surface area contributed by atoms with E-state index in [0.29, 0.717) is 42.8 Å². The Labute approximate surface area is 193 Å². The minimum atomic E-state index is -0.0691. The summed E-state index contributed by atoms with van der Waals surface area (Å²) >= 11 is 5.35. The van der Waals surface area contributed by atoms with Crippen LogP contribution in [0, 0.1) is 4.77 Å². The molecule has 9 heteroatoms. The molecular formula is C23H33N5O3S. The fraction of sp³-hybridized carbons (Fsp3) is 0.565. The number of nitrogens with one attached hydrogen (secondary N) is 2.